The van der Waals surface area contributed by atoms with E-state index < -0.39 is 6.10 Å². The topological polar surface area (TPSA) is 78.9 Å². The maximum absolute atomic E-state index is 12.8. The summed E-state index contributed by atoms with van der Waals surface area (Å²) in [5, 5.41) is 0. The summed E-state index contributed by atoms with van der Waals surface area (Å²) in [6.07, 6.45) is 93.6. The molecule has 0 saturated carbocycles. The monoisotopic (exact) mass is 1090 g/mol. The third kappa shape index (κ3) is 64.3. The minimum Gasteiger partial charge on any atom is -0.462 e. The summed E-state index contributed by atoms with van der Waals surface area (Å²) >= 11 is 0. The van der Waals surface area contributed by atoms with Crippen molar-refractivity contribution in [3.05, 3.63) is 134 Å². The highest BCUT2D eigenvalue weighted by Gasteiger charge is 2.19. The van der Waals surface area contributed by atoms with Crippen LogP contribution in [0.15, 0.2) is 134 Å². The van der Waals surface area contributed by atoms with Gasteiger partial charge in [-0.3, -0.25) is 14.4 Å². The van der Waals surface area contributed by atoms with Crippen molar-refractivity contribution in [2.75, 3.05) is 13.2 Å². The Bertz CT molecular complexity index is 1680. The molecule has 0 rings (SSSR count). The van der Waals surface area contributed by atoms with Crippen LogP contribution >= 0.6 is 0 Å². The molecule has 0 aromatic rings. The predicted octanol–water partition coefficient (Wildman–Crippen LogP) is 22.5. The van der Waals surface area contributed by atoms with Gasteiger partial charge in [0.25, 0.3) is 0 Å². The molecule has 79 heavy (non-hydrogen) atoms. The van der Waals surface area contributed by atoms with Crippen LogP contribution < -0.4 is 0 Å². The van der Waals surface area contributed by atoms with Gasteiger partial charge >= 0.3 is 17.9 Å². The zero-order valence-corrected chi connectivity index (χ0v) is 51.3. The molecule has 1 atom stereocenters. The average molecular weight is 1090 g/mol. The van der Waals surface area contributed by atoms with Gasteiger partial charge in [-0.2, -0.15) is 0 Å². The first kappa shape index (κ1) is 74.5. The standard InChI is InChI=1S/C73H120O6/c1-4-7-10-13-16-18-20-22-24-26-28-30-31-32-33-34-35-36-37-38-39-40-41-43-44-46-48-50-52-54-57-60-63-66-72(75)78-69-70(68-77-71(74)65-62-59-56-15-12-9-6-3)79-73(76)67-64-61-58-55-53-51-49-47-45-42-29-27-25-23-21-19-17-14-11-8-5-2/h7-8,10-11,16-19,22-25,28-30,32-33,42,47,49,53,55,70H,4-6,9,12-15,20-21,26-27,31,34-41,43-46,48,50-52,54,56-69H2,1-3H3/b10-7-,11-8-,18-16-,19-17-,24-22-,25-23-,30-28-,33-32-,42-29-,49-47-,55-53-. The molecule has 0 aliphatic heterocycles. The third-order valence-electron chi connectivity index (χ3n) is 13.7. The molecule has 0 aromatic heterocycles. The Labute approximate surface area is 487 Å². The summed E-state index contributed by atoms with van der Waals surface area (Å²) in [4.78, 5) is 38.1. The van der Waals surface area contributed by atoms with Crippen molar-refractivity contribution in [1.29, 1.82) is 0 Å². The van der Waals surface area contributed by atoms with Crippen LogP contribution in [0.3, 0.4) is 0 Å². The van der Waals surface area contributed by atoms with Gasteiger partial charge in [-0.25, -0.2) is 0 Å². The Morgan fingerprint density at radius 3 is 0.797 bits per heavy atom. The highest BCUT2D eigenvalue weighted by molar-refractivity contribution is 5.71. The van der Waals surface area contributed by atoms with Gasteiger partial charge in [0.05, 0.1) is 0 Å². The van der Waals surface area contributed by atoms with Crippen molar-refractivity contribution in [3.8, 4) is 0 Å². The number of rotatable bonds is 58. The molecule has 0 aliphatic carbocycles. The quantitative estimate of drug-likeness (QED) is 0.0261. The van der Waals surface area contributed by atoms with Crippen LogP contribution in [0.2, 0.25) is 0 Å². The summed E-state index contributed by atoms with van der Waals surface area (Å²) in [5.41, 5.74) is 0. The van der Waals surface area contributed by atoms with E-state index in [0.717, 1.165) is 122 Å². The Morgan fingerprint density at radius 1 is 0.266 bits per heavy atom. The second kappa shape index (κ2) is 66.1. The lowest BCUT2D eigenvalue weighted by Crippen LogP contribution is -2.30. The van der Waals surface area contributed by atoms with Crippen molar-refractivity contribution < 1.29 is 28.6 Å². The first-order chi connectivity index (χ1) is 39.0. The van der Waals surface area contributed by atoms with Crippen LogP contribution in [0.5, 0.6) is 0 Å². The van der Waals surface area contributed by atoms with Crippen LogP contribution in [-0.4, -0.2) is 37.2 Å². The normalized spacial score (nSPS) is 13.0. The van der Waals surface area contributed by atoms with Crippen molar-refractivity contribution >= 4 is 17.9 Å². The molecule has 0 aliphatic rings. The number of hydrogen-bond donors (Lipinski definition) is 0. The number of hydrogen-bond acceptors (Lipinski definition) is 6. The first-order valence-electron chi connectivity index (χ1n) is 32.7. The zero-order chi connectivity index (χ0) is 57.1. The van der Waals surface area contributed by atoms with E-state index in [0.29, 0.717) is 19.3 Å². The van der Waals surface area contributed by atoms with E-state index in [1.165, 1.54) is 122 Å². The molecular weight excluding hydrogens is 973 g/mol. The van der Waals surface area contributed by atoms with Crippen molar-refractivity contribution in [1.82, 2.24) is 0 Å². The maximum atomic E-state index is 12.8. The van der Waals surface area contributed by atoms with E-state index in [4.69, 9.17) is 14.2 Å². The number of esters is 3. The molecule has 448 valence electrons. The van der Waals surface area contributed by atoms with Gasteiger partial charge in [0.15, 0.2) is 6.10 Å². The highest BCUT2D eigenvalue weighted by atomic mass is 16.6. The second-order valence-electron chi connectivity index (χ2n) is 21.3. The molecule has 0 heterocycles. The maximum Gasteiger partial charge on any atom is 0.306 e. The highest BCUT2D eigenvalue weighted by Crippen LogP contribution is 2.16. The van der Waals surface area contributed by atoms with E-state index in [1.807, 2.05) is 0 Å². The Morgan fingerprint density at radius 2 is 0.494 bits per heavy atom. The fourth-order valence-corrected chi connectivity index (χ4v) is 8.83. The molecule has 0 spiro atoms. The second-order valence-corrected chi connectivity index (χ2v) is 21.3. The lowest BCUT2D eigenvalue weighted by atomic mass is 10.0. The van der Waals surface area contributed by atoms with Crippen molar-refractivity contribution in [3.63, 3.8) is 0 Å². The number of ether oxygens (including phenoxy) is 3. The minimum atomic E-state index is -0.801. The van der Waals surface area contributed by atoms with Gasteiger partial charge in [-0.05, 0) is 116 Å². The number of carbonyl (C=O) groups is 3. The molecule has 0 bridgehead atoms. The van der Waals surface area contributed by atoms with Gasteiger partial charge < -0.3 is 14.2 Å². The van der Waals surface area contributed by atoms with E-state index in [2.05, 4.69) is 154 Å². The fourth-order valence-electron chi connectivity index (χ4n) is 8.83. The molecule has 0 N–H and O–H groups in total. The molecular formula is C73H120O6. The number of carbonyl (C=O) groups excluding carboxylic acids is 3. The SMILES string of the molecule is CC/C=C\C/C=C\C/C=C\C/C=C\C/C=C\C/C=C\CCCCC(=O)OC(COC(=O)CCCCCCCCC)COC(=O)CCCCCCCCCCCCCCCCCCC/C=C\C/C=C\C/C=C\C/C=C\C/C=C\CC. The van der Waals surface area contributed by atoms with Crippen LogP contribution in [0, 0.1) is 0 Å². The Hall–Kier alpha value is -4.45. The molecule has 6 heteroatoms. The Balaban J connectivity index is 4.12. The summed E-state index contributed by atoms with van der Waals surface area (Å²) in [6, 6.07) is 0. The molecule has 0 saturated heterocycles. The summed E-state index contributed by atoms with van der Waals surface area (Å²) in [7, 11) is 0. The fraction of sp³-hybridized carbons (Fsp3) is 0.658. The van der Waals surface area contributed by atoms with Crippen LogP contribution in [0.4, 0.5) is 0 Å². The average Bonchev–Trinajstić information content (AvgIpc) is 3.45. The molecule has 0 radical (unpaired) electrons. The molecule has 0 fully saturated rings. The lowest BCUT2D eigenvalue weighted by Gasteiger charge is -2.18. The van der Waals surface area contributed by atoms with E-state index >= 15 is 0 Å². The van der Waals surface area contributed by atoms with Gasteiger partial charge in [0.1, 0.15) is 13.2 Å². The summed E-state index contributed by atoms with van der Waals surface area (Å²) < 4.78 is 16.8. The molecule has 6 nitrogen and oxygen atoms in total. The first-order valence-corrected chi connectivity index (χ1v) is 32.7. The number of allylic oxidation sites excluding steroid dienone is 22. The smallest absolute Gasteiger partial charge is 0.306 e. The van der Waals surface area contributed by atoms with E-state index in [-0.39, 0.29) is 37.5 Å². The van der Waals surface area contributed by atoms with Crippen LogP contribution in [0.25, 0.3) is 0 Å². The van der Waals surface area contributed by atoms with Crippen LogP contribution in [-0.2, 0) is 28.6 Å². The van der Waals surface area contributed by atoms with Gasteiger partial charge in [0.2, 0.25) is 0 Å². The largest absolute Gasteiger partial charge is 0.462 e. The Kier molecular flexibility index (Phi) is 62.3. The van der Waals surface area contributed by atoms with Gasteiger partial charge in [-0.15, -0.1) is 0 Å². The van der Waals surface area contributed by atoms with E-state index in [9.17, 15) is 14.4 Å². The predicted molar refractivity (Wildman–Crippen MR) is 343 cm³/mol. The summed E-state index contributed by atoms with van der Waals surface area (Å²) in [5.74, 6) is -0.943. The van der Waals surface area contributed by atoms with Crippen LogP contribution in [0.1, 0.15) is 290 Å². The molecule has 1 unspecified atom stereocenters. The third-order valence-corrected chi connectivity index (χ3v) is 13.7. The molecule has 0 amide bonds. The van der Waals surface area contributed by atoms with Crippen molar-refractivity contribution in [2.45, 2.75) is 297 Å². The minimum absolute atomic E-state index is 0.0959. The van der Waals surface area contributed by atoms with Gasteiger partial charge in [-0.1, -0.05) is 289 Å². The lowest BCUT2D eigenvalue weighted by molar-refractivity contribution is -0.167. The molecule has 0 aromatic carbocycles. The van der Waals surface area contributed by atoms with E-state index in [1.54, 1.807) is 0 Å². The zero-order valence-electron chi connectivity index (χ0n) is 51.3. The van der Waals surface area contributed by atoms with Crippen molar-refractivity contribution in [2.24, 2.45) is 0 Å². The summed E-state index contributed by atoms with van der Waals surface area (Å²) in [6.45, 7) is 6.34. The van der Waals surface area contributed by atoms with Gasteiger partial charge in [0, 0.05) is 19.3 Å². The number of unbranched alkanes of at least 4 members (excludes halogenated alkanes) is 25.